The zero-order chi connectivity index (χ0) is 16.2. The smallest absolute Gasteiger partial charge is 0.245 e. The summed E-state index contributed by atoms with van der Waals surface area (Å²) in [7, 11) is 1.50. The molecule has 0 aliphatic rings. The summed E-state index contributed by atoms with van der Waals surface area (Å²) in [6, 6.07) is 9.33. The topological polar surface area (TPSA) is 90.1 Å². The van der Waals surface area contributed by atoms with Crippen LogP contribution >= 0.6 is 11.3 Å². The first-order valence-corrected chi connectivity index (χ1v) is 7.71. The number of methoxy groups -OCH3 is 1. The van der Waals surface area contributed by atoms with Crippen molar-refractivity contribution >= 4 is 22.4 Å². The molecule has 0 bridgehead atoms. The Morgan fingerprint density at radius 3 is 2.68 bits per heavy atom. The van der Waals surface area contributed by atoms with E-state index in [9.17, 15) is 4.79 Å². The Bertz CT molecular complexity index is 627. The number of nitrogens with one attached hydrogen (secondary N) is 1. The van der Waals surface area contributed by atoms with Crippen molar-refractivity contribution in [3.05, 3.63) is 40.9 Å². The molecule has 0 fully saturated rings. The number of carbonyl (C=O) groups excluding carboxylic acids is 1. The summed E-state index contributed by atoms with van der Waals surface area (Å²) >= 11 is 1.35. The second kappa shape index (κ2) is 6.95. The summed E-state index contributed by atoms with van der Waals surface area (Å²) in [6.45, 7) is 4.31. The predicted molar refractivity (Wildman–Crippen MR) is 87.0 cm³/mol. The van der Waals surface area contributed by atoms with Gasteiger partial charge in [0, 0.05) is 12.5 Å². The molecular formula is C15H20N4O2S. The van der Waals surface area contributed by atoms with Gasteiger partial charge in [0.25, 0.3) is 0 Å². The van der Waals surface area contributed by atoms with Crippen LogP contribution in [0.5, 0.6) is 0 Å². The fourth-order valence-corrected chi connectivity index (χ4v) is 2.83. The average Bonchev–Trinajstić information content (AvgIpc) is 2.97. The maximum Gasteiger partial charge on any atom is 0.245 e. The normalized spacial score (nSPS) is 12.9. The van der Waals surface area contributed by atoms with Crippen molar-refractivity contribution in [3.8, 4) is 0 Å². The summed E-state index contributed by atoms with van der Waals surface area (Å²) in [5.74, 6) is -0.331. The molecule has 1 aromatic heterocycles. The molecule has 0 saturated carbocycles. The SMILES string of the molecule is COCC(N)C(=O)Nc1nnc(C(C)(C)c2ccccc2)s1. The number of anilines is 1. The number of carbonyl (C=O) groups is 1. The van der Waals surface area contributed by atoms with Gasteiger partial charge in [-0.1, -0.05) is 41.7 Å². The Morgan fingerprint density at radius 2 is 2.05 bits per heavy atom. The lowest BCUT2D eigenvalue weighted by Crippen LogP contribution is -2.39. The monoisotopic (exact) mass is 320 g/mol. The van der Waals surface area contributed by atoms with Crippen LogP contribution in [0, 0.1) is 0 Å². The fraction of sp³-hybridized carbons (Fsp3) is 0.400. The highest BCUT2D eigenvalue weighted by molar-refractivity contribution is 7.15. The summed E-state index contributed by atoms with van der Waals surface area (Å²) in [6.07, 6.45) is 0. The summed E-state index contributed by atoms with van der Waals surface area (Å²) < 4.78 is 4.86. The highest BCUT2D eigenvalue weighted by atomic mass is 32.1. The molecule has 1 amide bonds. The molecule has 0 aliphatic heterocycles. The zero-order valence-corrected chi connectivity index (χ0v) is 13.7. The zero-order valence-electron chi connectivity index (χ0n) is 12.9. The average molecular weight is 320 g/mol. The minimum Gasteiger partial charge on any atom is -0.383 e. The van der Waals surface area contributed by atoms with E-state index in [-0.39, 0.29) is 17.9 Å². The standard InChI is InChI=1S/C15H20N4O2S/c1-15(2,10-7-5-4-6-8-10)13-18-19-14(22-13)17-12(20)11(16)9-21-3/h4-8,11H,9,16H2,1-3H3,(H,17,19,20). The van der Waals surface area contributed by atoms with Gasteiger partial charge in [-0.3, -0.25) is 10.1 Å². The molecule has 1 aromatic carbocycles. The first-order valence-electron chi connectivity index (χ1n) is 6.90. The van der Waals surface area contributed by atoms with Crippen LogP contribution in [0.2, 0.25) is 0 Å². The molecule has 7 heteroatoms. The molecule has 1 heterocycles. The van der Waals surface area contributed by atoms with Crippen molar-refractivity contribution in [1.82, 2.24) is 10.2 Å². The van der Waals surface area contributed by atoms with Gasteiger partial charge < -0.3 is 10.5 Å². The molecule has 6 nitrogen and oxygen atoms in total. The van der Waals surface area contributed by atoms with Crippen LogP contribution in [0.15, 0.2) is 30.3 Å². The fourth-order valence-electron chi connectivity index (χ4n) is 1.96. The van der Waals surface area contributed by atoms with Gasteiger partial charge in [0.15, 0.2) is 0 Å². The van der Waals surface area contributed by atoms with Gasteiger partial charge in [0.1, 0.15) is 11.0 Å². The van der Waals surface area contributed by atoms with Crippen molar-refractivity contribution in [2.45, 2.75) is 25.3 Å². The van der Waals surface area contributed by atoms with Crippen LogP contribution in [0.1, 0.15) is 24.4 Å². The second-order valence-corrected chi connectivity index (χ2v) is 6.43. The number of nitrogens with two attached hydrogens (primary N) is 1. The molecule has 0 saturated heterocycles. The van der Waals surface area contributed by atoms with Crippen LogP contribution in [-0.2, 0) is 14.9 Å². The lowest BCUT2D eigenvalue weighted by molar-refractivity contribution is -0.118. The van der Waals surface area contributed by atoms with E-state index in [0.29, 0.717) is 5.13 Å². The third kappa shape index (κ3) is 3.68. The van der Waals surface area contributed by atoms with Crippen LogP contribution in [-0.4, -0.2) is 35.9 Å². The number of rotatable bonds is 6. The number of benzene rings is 1. The van der Waals surface area contributed by atoms with Crippen molar-refractivity contribution in [2.24, 2.45) is 5.73 Å². The van der Waals surface area contributed by atoms with Crippen molar-refractivity contribution in [2.75, 3.05) is 19.0 Å². The number of ether oxygens (including phenoxy) is 1. The molecule has 22 heavy (non-hydrogen) atoms. The van der Waals surface area contributed by atoms with Gasteiger partial charge in [-0.2, -0.15) is 0 Å². The van der Waals surface area contributed by atoms with Crippen molar-refractivity contribution in [3.63, 3.8) is 0 Å². The van der Waals surface area contributed by atoms with E-state index in [2.05, 4.69) is 29.4 Å². The molecule has 2 rings (SSSR count). The van der Waals surface area contributed by atoms with Crippen LogP contribution in [0.3, 0.4) is 0 Å². The van der Waals surface area contributed by atoms with Crippen molar-refractivity contribution < 1.29 is 9.53 Å². The maximum atomic E-state index is 11.9. The first kappa shape index (κ1) is 16.5. The highest BCUT2D eigenvalue weighted by Gasteiger charge is 2.28. The molecule has 2 aromatic rings. The van der Waals surface area contributed by atoms with Crippen LogP contribution < -0.4 is 11.1 Å². The number of amides is 1. The molecule has 0 spiro atoms. The molecule has 118 valence electrons. The Morgan fingerprint density at radius 1 is 1.36 bits per heavy atom. The number of aromatic nitrogens is 2. The van der Waals surface area contributed by atoms with Gasteiger partial charge in [0.2, 0.25) is 11.0 Å². The number of nitrogens with zero attached hydrogens (tertiary/aromatic N) is 2. The predicted octanol–water partition coefficient (Wildman–Crippen LogP) is 1.78. The van der Waals surface area contributed by atoms with E-state index in [1.165, 1.54) is 18.4 Å². The van der Waals surface area contributed by atoms with Gasteiger partial charge in [-0.15, -0.1) is 10.2 Å². The molecule has 3 N–H and O–H groups in total. The lowest BCUT2D eigenvalue weighted by atomic mass is 9.85. The van der Waals surface area contributed by atoms with Gasteiger partial charge in [-0.25, -0.2) is 0 Å². The molecular weight excluding hydrogens is 300 g/mol. The molecule has 0 aliphatic carbocycles. The van der Waals surface area contributed by atoms with E-state index in [1.54, 1.807) is 0 Å². The Labute approximate surface area is 133 Å². The summed E-state index contributed by atoms with van der Waals surface area (Å²) in [5, 5.41) is 12.2. The molecule has 1 atom stereocenters. The highest BCUT2D eigenvalue weighted by Crippen LogP contribution is 2.34. The molecule has 0 radical (unpaired) electrons. The number of hydrogen-bond acceptors (Lipinski definition) is 6. The van der Waals surface area contributed by atoms with Gasteiger partial charge in [-0.05, 0) is 19.4 Å². The Kier molecular flexibility index (Phi) is 5.23. The van der Waals surface area contributed by atoms with Gasteiger partial charge in [0.05, 0.1) is 6.61 Å². The van der Waals surface area contributed by atoms with E-state index >= 15 is 0 Å². The minimum absolute atomic E-state index is 0.160. The summed E-state index contributed by atoms with van der Waals surface area (Å²) in [5.41, 5.74) is 6.54. The molecule has 1 unspecified atom stereocenters. The van der Waals surface area contributed by atoms with Crippen LogP contribution in [0.4, 0.5) is 5.13 Å². The van der Waals surface area contributed by atoms with Gasteiger partial charge >= 0.3 is 0 Å². The minimum atomic E-state index is -0.723. The third-order valence-corrected chi connectivity index (χ3v) is 4.53. The van der Waals surface area contributed by atoms with E-state index < -0.39 is 6.04 Å². The van der Waals surface area contributed by atoms with Crippen molar-refractivity contribution in [1.29, 1.82) is 0 Å². The quantitative estimate of drug-likeness (QED) is 0.846. The third-order valence-electron chi connectivity index (χ3n) is 3.37. The Hall–Kier alpha value is -1.83. The summed E-state index contributed by atoms with van der Waals surface area (Å²) in [4.78, 5) is 11.9. The van der Waals surface area contributed by atoms with E-state index in [4.69, 9.17) is 10.5 Å². The lowest BCUT2D eigenvalue weighted by Gasteiger charge is -2.21. The van der Waals surface area contributed by atoms with E-state index in [1.807, 2.05) is 30.3 Å². The second-order valence-electron chi connectivity index (χ2n) is 5.45. The number of hydrogen-bond donors (Lipinski definition) is 2. The maximum absolute atomic E-state index is 11.9. The van der Waals surface area contributed by atoms with E-state index in [0.717, 1.165) is 10.6 Å². The van der Waals surface area contributed by atoms with Crippen LogP contribution in [0.25, 0.3) is 0 Å². The largest absolute Gasteiger partial charge is 0.383 e. The Balaban J connectivity index is 2.13. The first-order chi connectivity index (χ1) is 10.4.